The predicted molar refractivity (Wildman–Crippen MR) is 139 cm³/mol. The van der Waals surface area contributed by atoms with Crippen molar-refractivity contribution in [2.75, 3.05) is 33.1 Å². The molecule has 0 spiro atoms. The summed E-state index contributed by atoms with van der Waals surface area (Å²) in [5, 5.41) is 12.6. The monoisotopic (exact) mass is 524 g/mol. The van der Waals surface area contributed by atoms with Crippen LogP contribution in [0.3, 0.4) is 0 Å². The molecular weight excluding hydrogens is 494 g/mol. The average Bonchev–Trinajstić information content (AvgIpc) is 3.37. The SMILES string of the molecule is COCCn1nc(-c2ccc(C(F)F)cc2)c(C)c1Nc1cc(-n2nc(C)c(C(=O)N(C)C)c2C)ncn1. The van der Waals surface area contributed by atoms with Crippen LogP contribution in [0.2, 0.25) is 0 Å². The van der Waals surface area contributed by atoms with Crippen LogP contribution >= 0.6 is 0 Å². The summed E-state index contributed by atoms with van der Waals surface area (Å²) in [5.74, 6) is 1.52. The van der Waals surface area contributed by atoms with E-state index in [0.29, 0.717) is 53.3 Å². The summed E-state index contributed by atoms with van der Waals surface area (Å²) in [6.45, 7) is 6.38. The first-order valence-corrected chi connectivity index (χ1v) is 11.9. The summed E-state index contributed by atoms with van der Waals surface area (Å²) in [6, 6.07) is 7.81. The number of methoxy groups -OCH3 is 1. The number of anilines is 2. The molecule has 4 rings (SSSR count). The molecule has 0 fully saturated rings. The lowest BCUT2D eigenvalue weighted by molar-refractivity contribution is 0.0826. The molecule has 0 aliphatic heterocycles. The van der Waals surface area contributed by atoms with Crippen molar-refractivity contribution in [1.82, 2.24) is 34.4 Å². The van der Waals surface area contributed by atoms with Gasteiger partial charge in [-0.1, -0.05) is 24.3 Å². The molecule has 0 aliphatic carbocycles. The Bertz CT molecular complexity index is 1440. The fourth-order valence-corrected chi connectivity index (χ4v) is 4.16. The van der Waals surface area contributed by atoms with E-state index in [1.54, 1.807) is 55.7 Å². The molecule has 1 N–H and O–H groups in total. The number of nitrogens with one attached hydrogen (secondary N) is 1. The summed E-state index contributed by atoms with van der Waals surface area (Å²) in [7, 11) is 5.00. The number of benzene rings is 1. The van der Waals surface area contributed by atoms with Gasteiger partial charge in [0.25, 0.3) is 12.3 Å². The normalized spacial score (nSPS) is 11.3. The lowest BCUT2D eigenvalue weighted by Gasteiger charge is -2.12. The Morgan fingerprint density at radius 3 is 2.45 bits per heavy atom. The minimum absolute atomic E-state index is 0.0447. The number of ether oxygens (including phenoxy) is 1. The van der Waals surface area contributed by atoms with Crippen LogP contribution in [0.1, 0.15) is 39.3 Å². The number of hydrogen-bond acceptors (Lipinski definition) is 7. The first-order chi connectivity index (χ1) is 18.1. The highest BCUT2D eigenvalue weighted by Gasteiger charge is 2.22. The van der Waals surface area contributed by atoms with Gasteiger partial charge in [0.1, 0.15) is 18.0 Å². The maximum Gasteiger partial charge on any atom is 0.263 e. The number of halogens is 2. The second-order valence-electron chi connectivity index (χ2n) is 9.00. The van der Waals surface area contributed by atoms with Gasteiger partial charge in [-0.2, -0.15) is 10.2 Å². The number of carbonyl (C=O) groups is 1. The number of rotatable bonds is 9. The van der Waals surface area contributed by atoms with Gasteiger partial charge >= 0.3 is 0 Å². The van der Waals surface area contributed by atoms with Gasteiger partial charge in [-0.15, -0.1) is 0 Å². The molecule has 3 aromatic heterocycles. The minimum Gasteiger partial charge on any atom is -0.383 e. The van der Waals surface area contributed by atoms with Crippen molar-refractivity contribution in [1.29, 1.82) is 0 Å². The van der Waals surface area contributed by atoms with Gasteiger partial charge in [0.15, 0.2) is 5.82 Å². The predicted octanol–water partition coefficient (Wildman–Crippen LogP) is 4.48. The Hall–Kier alpha value is -4.19. The fourth-order valence-electron chi connectivity index (χ4n) is 4.16. The molecule has 12 heteroatoms. The Balaban J connectivity index is 1.70. The van der Waals surface area contributed by atoms with Gasteiger partial charge in [0.05, 0.1) is 35.8 Å². The van der Waals surface area contributed by atoms with Crippen LogP contribution < -0.4 is 5.32 Å². The van der Waals surface area contributed by atoms with Gasteiger partial charge in [0.2, 0.25) is 0 Å². The van der Waals surface area contributed by atoms with Gasteiger partial charge in [0, 0.05) is 44.0 Å². The maximum atomic E-state index is 13.0. The third-order valence-corrected chi connectivity index (χ3v) is 6.16. The average molecular weight is 525 g/mol. The number of amides is 1. The Labute approximate surface area is 219 Å². The summed E-state index contributed by atoms with van der Waals surface area (Å²) in [6.07, 6.45) is -1.12. The molecule has 38 heavy (non-hydrogen) atoms. The van der Waals surface area contributed by atoms with Gasteiger partial charge in [-0.25, -0.2) is 28.1 Å². The molecule has 0 aliphatic rings. The quantitative estimate of drug-likeness (QED) is 0.344. The van der Waals surface area contributed by atoms with E-state index in [9.17, 15) is 13.6 Å². The molecule has 1 aromatic carbocycles. The van der Waals surface area contributed by atoms with Crippen LogP contribution in [-0.4, -0.2) is 68.1 Å². The third-order valence-electron chi connectivity index (χ3n) is 6.16. The molecule has 1 amide bonds. The molecule has 0 saturated heterocycles. The Morgan fingerprint density at radius 2 is 1.82 bits per heavy atom. The third kappa shape index (κ3) is 5.25. The van der Waals surface area contributed by atoms with Crippen LogP contribution in [0.15, 0.2) is 36.7 Å². The lowest BCUT2D eigenvalue weighted by Crippen LogP contribution is -2.23. The zero-order chi connectivity index (χ0) is 27.6. The summed E-state index contributed by atoms with van der Waals surface area (Å²) in [5.41, 5.74) is 3.94. The van der Waals surface area contributed by atoms with Crippen molar-refractivity contribution >= 4 is 17.5 Å². The van der Waals surface area contributed by atoms with E-state index in [4.69, 9.17) is 9.84 Å². The summed E-state index contributed by atoms with van der Waals surface area (Å²) in [4.78, 5) is 22.9. The van der Waals surface area contributed by atoms with Crippen molar-refractivity contribution in [2.45, 2.75) is 33.7 Å². The Morgan fingerprint density at radius 1 is 1.11 bits per heavy atom. The number of aryl methyl sites for hydroxylation is 1. The van der Waals surface area contributed by atoms with Gasteiger partial charge < -0.3 is 15.0 Å². The minimum atomic E-state index is -2.53. The summed E-state index contributed by atoms with van der Waals surface area (Å²) < 4.78 is 34.7. The largest absolute Gasteiger partial charge is 0.383 e. The van der Waals surface area contributed by atoms with Crippen LogP contribution in [0, 0.1) is 20.8 Å². The molecule has 4 aromatic rings. The highest BCUT2D eigenvalue weighted by atomic mass is 19.3. The molecule has 3 heterocycles. The van der Waals surface area contributed by atoms with E-state index >= 15 is 0 Å². The van der Waals surface area contributed by atoms with Gasteiger partial charge in [-0.05, 0) is 20.8 Å². The van der Waals surface area contributed by atoms with Gasteiger partial charge in [-0.3, -0.25) is 4.79 Å². The molecule has 10 nitrogen and oxygen atoms in total. The molecule has 0 unspecified atom stereocenters. The maximum absolute atomic E-state index is 13.0. The molecule has 0 radical (unpaired) electrons. The van der Waals surface area contributed by atoms with Crippen molar-refractivity contribution < 1.29 is 18.3 Å². The number of aromatic nitrogens is 6. The van der Waals surface area contributed by atoms with E-state index in [0.717, 1.165) is 11.1 Å². The summed E-state index contributed by atoms with van der Waals surface area (Å²) >= 11 is 0. The first-order valence-electron chi connectivity index (χ1n) is 11.9. The highest BCUT2D eigenvalue weighted by molar-refractivity contribution is 5.96. The second-order valence-corrected chi connectivity index (χ2v) is 9.00. The number of nitrogens with zero attached hydrogens (tertiary/aromatic N) is 7. The first kappa shape index (κ1) is 26.9. The number of alkyl halides is 2. The van der Waals surface area contributed by atoms with Crippen LogP contribution in [0.4, 0.5) is 20.4 Å². The molecular formula is C26H30F2N8O2. The zero-order valence-corrected chi connectivity index (χ0v) is 22.2. The highest BCUT2D eigenvalue weighted by Crippen LogP contribution is 2.31. The van der Waals surface area contributed by atoms with Crippen molar-refractivity contribution in [3.63, 3.8) is 0 Å². The van der Waals surface area contributed by atoms with Crippen molar-refractivity contribution in [3.05, 3.63) is 64.7 Å². The van der Waals surface area contributed by atoms with Crippen LogP contribution in [0.25, 0.3) is 17.1 Å². The Kier molecular flexibility index (Phi) is 7.81. The number of hydrogen-bond donors (Lipinski definition) is 1. The van der Waals surface area contributed by atoms with E-state index in [-0.39, 0.29) is 11.5 Å². The second kappa shape index (κ2) is 11.1. The van der Waals surface area contributed by atoms with Crippen molar-refractivity contribution in [3.8, 4) is 17.1 Å². The van der Waals surface area contributed by atoms with Crippen LogP contribution in [-0.2, 0) is 11.3 Å². The topological polar surface area (TPSA) is 103 Å². The standard InChI is InChI=1S/C26H30F2N8O2/c1-15-23(18-7-9-19(10-8-18)24(27)28)33-35(11-12-38-6)25(15)31-20-13-21(30-14-29-20)36-17(3)22(16(2)32-36)26(37)34(4)5/h7-10,13-14,24H,11-12H2,1-6H3,(H,29,30,31). The zero-order valence-electron chi connectivity index (χ0n) is 22.2. The molecule has 200 valence electrons. The van der Waals surface area contributed by atoms with E-state index in [1.165, 1.54) is 23.4 Å². The van der Waals surface area contributed by atoms with E-state index in [2.05, 4.69) is 20.4 Å². The van der Waals surface area contributed by atoms with Crippen molar-refractivity contribution in [2.24, 2.45) is 0 Å². The lowest BCUT2D eigenvalue weighted by atomic mass is 10.1. The molecule has 0 bridgehead atoms. The van der Waals surface area contributed by atoms with E-state index < -0.39 is 6.43 Å². The molecule has 0 atom stereocenters. The van der Waals surface area contributed by atoms with E-state index in [1.807, 2.05) is 13.8 Å². The fraction of sp³-hybridized carbons (Fsp3) is 0.346. The smallest absolute Gasteiger partial charge is 0.263 e. The molecule has 0 saturated carbocycles. The van der Waals surface area contributed by atoms with Crippen LogP contribution in [0.5, 0.6) is 0 Å². The number of carbonyl (C=O) groups excluding carboxylic acids is 1.